The van der Waals surface area contributed by atoms with Crippen LogP contribution in [-0.4, -0.2) is 46.3 Å². The van der Waals surface area contributed by atoms with Crippen LogP contribution in [0.15, 0.2) is 53.2 Å². The monoisotopic (exact) mass is 418 g/mol. The number of nitrogens with zero attached hydrogens (tertiary/aromatic N) is 4. The highest BCUT2D eigenvalue weighted by Crippen LogP contribution is 2.43. The van der Waals surface area contributed by atoms with E-state index in [1.165, 1.54) is 32.2 Å². The average molecular weight is 419 g/mol. The van der Waals surface area contributed by atoms with Gasteiger partial charge in [0.15, 0.2) is 0 Å². The molecule has 4 heterocycles. The Labute approximate surface area is 183 Å². The fourth-order valence-corrected chi connectivity index (χ4v) is 5.53. The molecule has 0 N–H and O–H groups in total. The number of methoxy groups -OCH3 is 1. The molecular formula is C25H30N4O2. The Hall–Kier alpha value is -2.73. The highest BCUT2D eigenvalue weighted by atomic mass is 16.5. The van der Waals surface area contributed by atoms with E-state index in [1.54, 1.807) is 7.11 Å². The van der Waals surface area contributed by atoms with E-state index in [0.717, 1.165) is 35.8 Å². The van der Waals surface area contributed by atoms with Crippen molar-refractivity contribution in [1.29, 1.82) is 0 Å². The van der Waals surface area contributed by atoms with Gasteiger partial charge in [-0.15, -0.1) is 10.2 Å². The van der Waals surface area contributed by atoms with Gasteiger partial charge in [0.1, 0.15) is 11.2 Å². The second kappa shape index (κ2) is 8.42. The summed E-state index contributed by atoms with van der Waals surface area (Å²) in [6, 6.07) is 13.1. The van der Waals surface area contributed by atoms with Crippen LogP contribution in [-0.2, 0) is 5.41 Å². The lowest BCUT2D eigenvalue weighted by atomic mass is 9.71. The van der Waals surface area contributed by atoms with Gasteiger partial charge in [0.05, 0.1) is 7.11 Å². The summed E-state index contributed by atoms with van der Waals surface area (Å²) in [6.07, 6.45) is 10.0. The molecule has 1 atom stereocenters. The Bertz CT molecular complexity index is 996. The predicted molar refractivity (Wildman–Crippen MR) is 118 cm³/mol. The molecule has 3 fully saturated rings. The van der Waals surface area contributed by atoms with E-state index in [9.17, 15) is 0 Å². The smallest absolute Gasteiger partial charge is 0.231 e. The summed E-state index contributed by atoms with van der Waals surface area (Å²) in [4.78, 5) is 7.14. The maximum atomic E-state index is 6.12. The van der Waals surface area contributed by atoms with E-state index in [0.29, 0.717) is 17.8 Å². The molecule has 6 nitrogen and oxygen atoms in total. The van der Waals surface area contributed by atoms with Crippen LogP contribution in [0.3, 0.4) is 0 Å². The molecular weight excluding hydrogens is 388 g/mol. The van der Waals surface area contributed by atoms with Crippen LogP contribution >= 0.6 is 0 Å². The van der Waals surface area contributed by atoms with Gasteiger partial charge >= 0.3 is 0 Å². The van der Waals surface area contributed by atoms with Crippen molar-refractivity contribution >= 4 is 0 Å². The van der Waals surface area contributed by atoms with Crippen molar-refractivity contribution in [3.63, 3.8) is 0 Å². The van der Waals surface area contributed by atoms with Gasteiger partial charge in [-0.05, 0) is 67.3 Å². The summed E-state index contributed by atoms with van der Waals surface area (Å²) < 4.78 is 11.5. The number of rotatable bonds is 7. The molecule has 2 aromatic heterocycles. The maximum Gasteiger partial charge on any atom is 0.231 e. The SMILES string of the molecule is COc1ccc(C(CCN2CC3CCC2CC3)(c2cccnc2)c2nnc(C)o2)cc1. The third kappa shape index (κ3) is 3.74. The standard InChI is InChI=1S/C25H30N4O2/c1-18-27-28-24(31-18)25(21-4-3-14-26-16-21,20-7-11-23(30-2)12-8-20)13-15-29-17-19-5-9-22(29)10-6-19/h3-4,7-8,11-12,14,16,19,22H,5-6,9-10,13,15,17H2,1-2H3. The Morgan fingerprint density at radius 3 is 2.45 bits per heavy atom. The molecule has 0 amide bonds. The minimum atomic E-state index is -0.557. The van der Waals surface area contributed by atoms with E-state index < -0.39 is 5.41 Å². The Kier molecular flexibility index (Phi) is 5.48. The molecule has 0 radical (unpaired) electrons. The van der Waals surface area contributed by atoms with Crippen molar-refractivity contribution in [2.75, 3.05) is 20.2 Å². The number of benzene rings is 1. The summed E-state index contributed by atoms with van der Waals surface area (Å²) in [6.45, 7) is 4.05. The number of fused-ring (bicyclic) bond motifs is 3. The first-order valence-corrected chi connectivity index (χ1v) is 11.3. The lowest BCUT2D eigenvalue weighted by molar-refractivity contribution is 0.0445. The largest absolute Gasteiger partial charge is 0.497 e. The zero-order valence-corrected chi connectivity index (χ0v) is 18.3. The first-order chi connectivity index (χ1) is 15.2. The van der Waals surface area contributed by atoms with Crippen molar-refractivity contribution < 1.29 is 9.15 Å². The normalized spacial score (nSPS) is 22.9. The van der Waals surface area contributed by atoms with Crippen molar-refractivity contribution in [1.82, 2.24) is 20.1 Å². The number of pyridine rings is 1. The Morgan fingerprint density at radius 2 is 1.87 bits per heavy atom. The van der Waals surface area contributed by atoms with Gasteiger partial charge < -0.3 is 14.1 Å². The summed E-state index contributed by atoms with van der Waals surface area (Å²) in [5, 5.41) is 8.73. The first-order valence-electron chi connectivity index (χ1n) is 11.3. The molecule has 3 aromatic rings. The first kappa shape index (κ1) is 20.2. The molecule has 6 heteroatoms. The summed E-state index contributed by atoms with van der Waals surface area (Å²) in [5.74, 6) is 2.89. The highest BCUT2D eigenvalue weighted by molar-refractivity contribution is 5.46. The molecule has 6 rings (SSSR count). The van der Waals surface area contributed by atoms with Gasteiger partial charge in [-0.3, -0.25) is 4.98 Å². The van der Waals surface area contributed by atoms with Crippen LogP contribution in [0, 0.1) is 12.8 Å². The second-order valence-corrected chi connectivity index (χ2v) is 8.92. The number of piperidine rings is 2. The zero-order valence-electron chi connectivity index (χ0n) is 18.3. The van der Waals surface area contributed by atoms with E-state index >= 15 is 0 Å². The quantitative estimate of drug-likeness (QED) is 0.567. The Morgan fingerprint density at radius 1 is 1.06 bits per heavy atom. The van der Waals surface area contributed by atoms with Crippen LogP contribution in [0.25, 0.3) is 0 Å². The summed E-state index contributed by atoms with van der Waals surface area (Å²) in [5.41, 5.74) is 1.64. The van der Waals surface area contributed by atoms with Crippen LogP contribution < -0.4 is 4.74 Å². The van der Waals surface area contributed by atoms with E-state index in [1.807, 2.05) is 37.5 Å². The zero-order chi connectivity index (χ0) is 21.3. The molecule has 31 heavy (non-hydrogen) atoms. The van der Waals surface area contributed by atoms with Crippen LogP contribution in [0.2, 0.25) is 0 Å². The minimum Gasteiger partial charge on any atom is -0.497 e. The minimum absolute atomic E-state index is 0.557. The number of aromatic nitrogens is 3. The van der Waals surface area contributed by atoms with Crippen LogP contribution in [0.5, 0.6) is 5.75 Å². The molecule has 1 unspecified atom stereocenters. The van der Waals surface area contributed by atoms with E-state index in [4.69, 9.17) is 9.15 Å². The van der Waals surface area contributed by atoms with Crippen LogP contribution in [0.4, 0.5) is 0 Å². The van der Waals surface area contributed by atoms with Gasteiger partial charge in [-0.25, -0.2) is 0 Å². The van der Waals surface area contributed by atoms with Gasteiger partial charge in [-0.2, -0.15) is 0 Å². The highest BCUT2D eigenvalue weighted by Gasteiger charge is 2.43. The molecule has 0 spiro atoms. The number of aryl methyl sites for hydroxylation is 1. The second-order valence-electron chi connectivity index (χ2n) is 8.92. The Balaban J connectivity index is 1.58. The van der Waals surface area contributed by atoms with Crippen LogP contribution in [0.1, 0.15) is 55.0 Å². The van der Waals surface area contributed by atoms with Crippen molar-refractivity contribution in [2.45, 2.75) is 50.5 Å². The van der Waals surface area contributed by atoms with E-state index in [2.05, 4.69) is 38.3 Å². The van der Waals surface area contributed by atoms with Gasteiger partial charge in [-0.1, -0.05) is 18.2 Å². The molecule has 2 bridgehead atoms. The fraction of sp³-hybridized carbons (Fsp3) is 0.480. The molecule has 162 valence electrons. The molecule has 1 aliphatic carbocycles. The summed E-state index contributed by atoms with van der Waals surface area (Å²) >= 11 is 0. The summed E-state index contributed by atoms with van der Waals surface area (Å²) in [7, 11) is 1.69. The molecule has 3 aliphatic rings. The maximum absolute atomic E-state index is 6.12. The third-order valence-electron chi connectivity index (χ3n) is 7.23. The molecule has 1 aromatic carbocycles. The van der Waals surface area contributed by atoms with Crippen molar-refractivity contribution in [2.24, 2.45) is 5.92 Å². The lowest BCUT2D eigenvalue weighted by Gasteiger charge is -2.46. The third-order valence-corrected chi connectivity index (χ3v) is 7.23. The number of ether oxygens (including phenoxy) is 1. The molecule has 2 saturated heterocycles. The predicted octanol–water partition coefficient (Wildman–Crippen LogP) is 4.38. The molecule has 2 aliphatic heterocycles. The van der Waals surface area contributed by atoms with Gasteiger partial charge in [0, 0.05) is 38.4 Å². The van der Waals surface area contributed by atoms with Gasteiger partial charge in [0.25, 0.3) is 0 Å². The average Bonchev–Trinajstić information content (AvgIpc) is 3.28. The topological polar surface area (TPSA) is 64.3 Å². The van der Waals surface area contributed by atoms with Crippen molar-refractivity contribution in [3.8, 4) is 5.75 Å². The van der Waals surface area contributed by atoms with Crippen molar-refractivity contribution in [3.05, 3.63) is 71.7 Å². The van der Waals surface area contributed by atoms with Gasteiger partial charge in [0.2, 0.25) is 11.8 Å². The fourth-order valence-electron chi connectivity index (χ4n) is 5.53. The lowest BCUT2D eigenvalue weighted by Crippen LogP contribution is -2.49. The number of hydrogen-bond acceptors (Lipinski definition) is 6. The van der Waals surface area contributed by atoms with E-state index in [-0.39, 0.29) is 0 Å². The molecule has 1 saturated carbocycles. The number of hydrogen-bond donors (Lipinski definition) is 0.